The number of benzene rings is 1. The molecule has 1 amide bonds. The standard InChI is InChI=1S/C11H10N4OS/c1-7-13-14-10(16)6-17-11-12-8-4-2-3-5-9(8)15(7)11/h2-5H,6H2,1H3,(H,14,16). The van der Waals surface area contributed by atoms with Gasteiger partial charge in [-0.25, -0.2) is 10.4 Å². The molecule has 2 heterocycles. The smallest absolute Gasteiger partial charge is 0.250 e. The summed E-state index contributed by atoms with van der Waals surface area (Å²) in [6.45, 7) is 1.85. The number of amides is 1. The molecule has 1 aromatic heterocycles. The van der Waals surface area contributed by atoms with Crippen LogP contribution in [0, 0.1) is 0 Å². The lowest BCUT2D eigenvalue weighted by molar-refractivity contribution is -0.118. The largest absolute Gasteiger partial charge is 0.274 e. The van der Waals surface area contributed by atoms with E-state index in [1.165, 1.54) is 11.8 Å². The van der Waals surface area contributed by atoms with E-state index in [4.69, 9.17) is 0 Å². The Balaban J connectivity index is 2.26. The van der Waals surface area contributed by atoms with Crippen molar-refractivity contribution in [2.75, 3.05) is 5.75 Å². The third-order valence-electron chi connectivity index (χ3n) is 2.53. The van der Waals surface area contributed by atoms with Crippen LogP contribution < -0.4 is 5.43 Å². The van der Waals surface area contributed by atoms with E-state index < -0.39 is 0 Å². The van der Waals surface area contributed by atoms with E-state index in [0.717, 1.165) is 16.2 Å². The fraction of sp³-hybridized carbons (Fsp3) is 0.182. The molecule has 0 radical (unpaired) electrons. The maximum Gasteiger partial charge on any atom is 0.250 e. The predicted octanol–water partition coefficient (Wildman–Crippen LogP) is 1.44. The molecule has 1 N–H and O–H groups in total. The van der Waals surface area contributed by atoms with Gasteiger partial charge in [0.2, 0.25) is 0 Å². The van der Waals surface area contributed by atoms with Gasteiger partial charge in [-0.15, -0.1) is 0 Å². The number of carbonyl (C=O) groups excluding carboxylic acids is 1. The third kappa shape index (κ3) is 1.70. The first kappa shape index (κ1) is 10.3. The van der Waals surface area contributed by atoms with E-state index in [0.29, 0.717) is 11.6 Å². The van der Waals surface area contributed by atoms with Crippen molar-refractivity contribution in [2.45, 2.75) is 12.1 Å². The van der Waals surface area contributed by atoms with E-state index in [2.05, 4.69) is 15.5 Å². The normalized spacial score (nSPS) is 15.8. The van der Waals surface area contributed by atoms with Crippen LogP contribution in [0.15, 0.2) is 34.5 Å². The number of nitrogens with one attached hydrogen (secondary N) is 1. The number of imidazole rings is 1. The van der Waals surface area contributed by atoms with Crippen LogP contribution in [0.5, 0.6) is 0 Å². The second kappa shape index (κ2) is 3.89. The molecule has 0 saturated carbocycles. The van der Waals surface area contributed by atoms with Gasteiger partial charge in [0, 0.05) is 0 Å². The van der Waals surface area contributed by atoms with Crippen molar-refractivity contribution in [1.82, 2.24) is 15.0 Å². The molecule has 17 heavy (non-hydrogen) atoms. The zero-order chi connectivity index (χ0) is 11.8. The average molecular weight is 246 g/mol. The molecular formula is C11H10N4OS. The summed E-state index contributed by atoms with van der Waals surface area (Å²) in [5.74, 6) is 0.946. The first-order chi connectivity index (χ1) is 8.25. The Kier molecular flexibility index (Phi) is 2.36. The SMILES string of the molecule is CC1=NNC(=O)CSc2nc3ccccc3n21. The van der Waals surface area contributed by atoms with Gasteiger partial charge in [0.25, 0.3) is 5.91 Å². The van der Waals surface area contributed by atoms with Crippen molar-refractivity contribution in [3.05, 3.63) is 24.3 Å². The predicted molar refractivity (Wildman–Crippen MR) is 67.1 cm³/mol. The molecule has 0 fully saturated rings. The minimum Gasteiger partial charge on any atom is -0.274 e. The Morgan fingerprint density at radius 3 is 3.12 bits per heavy atom. The molecule has 86 valence electrons. The summed E-state index contributed by atoms with van der Waals surface area (Å²) in [5, 5.41) is 4.86. The van der Waals surface area contributed by atoms with Gasteiger partial charge in [0.1, 0.15) is 5.84 Å². The van der Waals surface area contributed by atoms with Gasteiger partial charge in [-0.2, -0.15) is 5.10 Å². The highest BCUT2D eigenvalue weighted by atomic mass is 32.2. The van der Waals surface area contributed by atoms with Gasteiger partial charge in [-0.05, 0) is 19.1 Å². The number of nitrogens with zero attached hydrogens (tertiary/aromatic N) is 3. The number of aromatic nitrogens is 2. The highest BCUT2D eigenvalue weighted by molar-refractivity contribution is 7.99. The lowest BCUT2D eigenvalue weighted by atomic mass is 10.3. The molecular weight excluding hydrogens is 236 g/mol. The van der Waals surface area contributed by atoms with Crippen LogP contribution in [-0.4, -0.2) is 27.0 Å². The maximum atomic E-state index is 11.3. The molecule has 3 rings (SSSR count). The van der Waals surface area contributed by atoms with Crippen LogP contribution in [0.3, 0.4) is 0 Å². The number of thioether (sulfide) groups is 1. The van der Waals surface area contributed by atoms with Crippen LogP contribution in [-0.2, 0) is 4.79 Å². The summed E-state index contributed by atoms with van der Waals surface area (Å²) in [7, 11) is 0. The topological polar surface area (TPSA) is 59.3 Å². The summed E-state index contributed by atoms with van der Waals surface area (Å²) in [6.07, 6.45) is 0. The van der Waals surface area contributed by atoms with Crippen LogP contribution >= 0.6 is 11.8 Å². The number of hydrogen-bond acceptors (Lipinski definition) is 4. The summed E-state index contributed by atoms with van der Waals surface area (Å²) >= 11 is 1.42. The first-order valence-corrected chi connectivity index (χ1v) is 6.18. The molecule has 0 unspecified atom stereocenters. The van der Waals surface area contributed by atoms with Crippen LogP contribution in [0.4, 0.5) is 0 Å². The van der Waals surface area contributed by atoms with Crippen molar-refractivity contribution in [2.24, 2.45) is 5.10 Å². The molecule has 2 aromatic rings. The molecule has 6 heteroatoms. The Hall–Kier alpha value is -1.82. The Morgan fingerprint density at radius 1 is 1.41 bits per heavy atom. The van der Waals surface area contributed by atoms with Gasteiger partial charge >= 0.3 is 0 Å². The van der Waals surface area contributed by atoms with Gasteiger partial charge in [-0.1, -0.05) is 23.9 Å². The monoisotopic (exact) mass is 246 g/mol. The molecule has 0 spiro atoms. The molecule has 1 aromatic carbocycles. The molecule has 0 atom stereocenters. The molecule has 1 aliphatic rings. The van der Waals surface area contributed by atoms with Crippen molar-refractivity contribution in [3.8, 4) is 0 Å². The van der Waals surface area contributed by atoms with Crippen molar-refractivity contribution in [1.29, 1.82) is 0 Å². The zero-order valence-electron chi connectivity index (χ0n) is 9.17. The first-order valence-electron chi connectivity index (χ1n) is 5.19. The molecule has 5 nitrogen and oxygen atoms in total. The number of para-hydroxylation sites is 2. The lowest BCUT2D eigenvalue weighted by Gasteiger charge is -2.11. The van der Waals surface area contributed by atoms with Crippen LogP contribution in [0.2, 0.25) is 0 Å². The number of hydrazone groups is 1. The summed E-state index contributed by atoms with van der Waals surface area (Å²) in [4.78, 5) is 15.8. The summed E-state index contributed by atoms with van der Waals surface area (Å²) < 4.78 is 1.96. The zero-order valence-corrected chi connectivity index (χ0v) is 9.99. The van der Waals surface area contributed by atoms with E-state index in [1.807, 2.05) is 35.8 Å². The van der Waals surface area contributed by atoms with E-state index in [9.17, 15) is 4.79 Å². The summed E-state index contributed by atoms with van der Waals surface area (Å²) in [6, 6.07) is 7.86. The highest BCUT2D eigenvalue weighted by Crippen LogP contribution is 2.24. The second-order valence-corrected chi connectivity index (χ2v) is 4.64. The van der Waals surface area contributed by atoms with Crippen molar-refractivity contribution >= 4 is 34.5 Å². The fourth-order valence-electron chi connectivity index (χ4n) is 1.77. The number of rotatable bonds is 0. The number of carbonyl (C=O) groups is 1. The van der Waals surface area contributed by atoms with Crippen molar-refractivity contribution < 1.29 is 4.79 Å². The molecule has 0 aliphatic carbocycles. The maximum absolute atomic E-state index is 11.3. The van der Waals surface area contributed by atoms with Gasteiger partial charge in [-0.3, -0.25) is 9.36 Å². The highest BCUT2D eigenvalue weighted by Gasteiger charge is 2.16. The third-order valence-corrected chi connectivity index (χ3v) is 3.47. The minimum atomic E-state index is -0.104. The van der Waals surface area contributed by atoms with Crippen molar-refractivity contribution in [3.63, 3.8) is 0 Å². The van der Waals surface area contributed by atoms with E-state index in [1.54, 1.807) is 0 Å². The summed E-state index contributed by atoms with van der Waals surface area (Å²) in [5.41, 5.74) is 4.43. The Morgan fingerprint density at radius 2 is 2.24 bits per heavy atom. The second-order valence-electron chi connectivity index (χ2n) is 3.70. The molecule has 1 aliphatic heterocycles. The molecule has 0 bridgehead atoms. The van der Waals surface area contributed by atoms with Gasteiger partial charge < -0.3 is 0 Å². The van der Waals surface area contributed by atoms with Gasteiger partial charge in [0.05, 0.1) is 16.8 Å². The Bertz CT molecular complexity index is 631. The number of fused-ring (bicyclic) bond motifs is 3. The Labute approximate surface area is 102 Å². The average Bonchev–Trinajstić information content (AvgIpc) is 2.70. The van der Waals surface area contributed by atoms with Crippen LogP contribution in [0.1, 0.15) is 6.92 Å². The van der Waals surface area contributed by atoms with E-state index in [-0.39, 0.29) is 5.91 Å². The lowest BCUT2D eigenvalue weighted by Crippen LogP contribution is -2.25. The molecule has 0 saturated heterocycles. The van der Waals surface area contributed by atoms with E-state index >= 15 is 0 Å². The van der Waals surface area contributed by atoms with Crippen LogP contribution in [0.25, 0.3) is 11.0 Å². The number of hydrogen-bond donors (Lipinski definition) is 1. The van der Waals surface area contributed by atoms with Gasteiger partial charge in [0.15, 0.2) is 5.16 Å². The quantitative estimate of drug-likeness (QED) is 0.765. The minimum absolute atomic E-state index is 0.104. The fourth-order valence-corrected chi connectivity index (χ4v) is 2.62.